The van der Waals surface area contributed by atoms with E-state index < -0.39 is 0 Å². The van der Waals surface area contributed by atoms with Crippen LogP contribution < -0.4 is 5.73 Å². The fourth-order valence-corrected chi connectivity index (χ4v) is 1.84. The molecule has 0 aliphatic carbocycles. The molecule has 0 radical (unpaired) electrons. The van der Waals surface area contributed by atoms with Crippen LogP contribution in [0.15, 0.2) is 5.38 Å². The minimum atomic E-state index is 0.517. The Labute approximate surface area is 67.7 Å². The van der Waals surface area contributed by atoms with Crippen molar-refractivity contribution in [2.45, 2.75) is 13.5 Å². The van der Waals surface area contributed by atoms with E-state index in [2.05, 4.69) is 10.1 Å². The molecule has 2 aromatic heterocycles. The van der Waals surface area contributed by atoms with Gasteiger partial charge < -0.3 is 5.73 Å². The van der Waals surface area contributed by atoms with Gasteiger partial charge in [0, 0.05) is 11.9 Å². The highest BCUT2D eigenvalue weighted by Gasteiger charge is 2.04. The highest BCUT2D eigenvalue weighted by atomic mass is 32.1. The summed E-state index contributed by atoms with van der Waals surface area (Å²) in [7, 11) is 0. The molecule has 0 fully saturated rings. The molecule has 0 aromatic carbocycles. The highest BCUT2D eigenvalue weighted by Crippen LogP contribution is 2.12. The molecule has 0 aliphatic rings. The standard InChI is InChI=1S/C6H8N4S/c1-4-8-6-10(9-4)5(2-7)3-11-6/h3H,2,7H2,1H3. The van der Waals surface area contributed by atoms with Gasteiger partial charge in [0.1, 0.15) is 5.82 Å². The van der Waals surface area contributed by atoms with E-state index in [1.54, 1.807) is 15.9 Å². The average molecular weight is 168 g/mol. The molecule has 2 rings (SSSR count). The molecule has 0 atom stereocenters. The van der Waals surface area contributed by atoms with Crippen LogP contribution >= 0.6 is 11.3 Å². The molecule has 0 unspecified atom stereocenters. The first-order valence-corrected chi connectivity index (χ1v) is 4.19. The van der Waals surface area contributed by atoms with Crippen molar-refractivity contribution in [3.8, 4) is 0 Å². The summed E-state index contributed by atoms with van der Waals surface area (Å²) in [5, 5.41) is 6.16. The second kappa shape index (κ2) is 2.28. The highest BCUT2D eigenvalue weighted by molar-refractivity contribution is 7.15. The summed E-state index contributed by atoms with van der Waals surface area (Å²) in [6.07, 6.45) is 0. The van der Waals surface area contributed by atoms with Crippen molar-refractivity contribution in [3.63, 3.8) is 0 Å². The van der Waals surface area contributed by atoms with Gasteiger partial charge in [-0.2, -0.15) is 5.10 Å². The molecule has 2 aromatic rings. The number of aromatic nitrogens is 3. The van der Waals surface area contributed by atoms with Crippen molar-refractivity contribution in [2.24, 2.45) is 5.73 Å². The molecule has 0 bridgehead atoms. The Bertz CT molecular complexity index is 375. The molecule has 11 heavy (non-hydrogen) atoms. The second-order valence-corrected chi connectivity index (χ2v) is 3.12. The van der Waals surface area contributed by atoms with Crippen LogP contribution in [0.1, 0.15) is 11.5 Å². The van der Waals surface area contributed by atoms with E-state index in [4.69, 9.17) is 5.73 Å². The van der Waals surface area contributed by atoms with E-state index in [1.165, 1.54) is 0 Å². The van der Waals surface area contributed by atoms with E-state index in [-0.39, 0.29) is 0 Å². The second-order valence-electron chi connectivity index (χ2n) is 2.28. The molecular formula is C6H8N4S. The molecule has 2 heterocycles. The first-order valence-electron chi connectivity index (χ1n) is 3.31. The minimum Gasteiger partial charge on any atom is -0.325 e. The number of aryl methyl sites for hydroxylation is 1. The van der Waals surface area contributed by atoms with Gasteiger partial charge in [-0.25, -0.2) is 9.50 Å². The number of hydrogen-bond acceptors (Lipinski definition) is 4. The lowest BCUT2D eigenvalue weighted by atomic mass is 10.5. The number of fused-ring (bicyclic) bond motifs is 1. The van der Waals surface area contributed by atoms with Crippen LogP contribution in [0.2, 0.25) is 0 Å². The number of nitrogens with two attached hydrogens (primary N) is 1. The summed E-state index contributed by atoms with van der Waals surface area (Å²) < 4.78 is 1.79. The Hall–Kier alpha value is -0.940. The van der Waals surface area contributed by atoms with E-state index in [9.17, 15) is 0 Å². The fourth-order valence-electron chi connectivity index (χ4n) is 0.964. The van der Waals surface area contributed by atoms with Gasteiger partial charge in [0.25, 0.3) is 0 Å². The van der Waals surface area contributed by atoms with Gasteiger partial charge in [-0.15, -0.1) is 11.3 Å². The molecule has 4 nitrogen and oxygen atoms in total. The maximum absolute atomic E-state index is 5.49. The fraction of sp³-hybridized carbons (Fsp3) is 0.333. The molecule has 0 aliphatic heterocycles. The van der Waals surface area contributed by atoms with Crippen LogP contribution in [0.25, 0.3) is 4.96 Å². The van der Waals surface area contributed by atoms with Crippen molar-refractivity contribution >= 4 is 16.3 Å². The van der Waals surface area contributed by atoms with Gasteiger partial charge >= 0.3 is 0 Å². The number of hydrogen-bond donors (Lipinski definition) is 1. The van der Waals surface area contributed by atoms with E-state index >= 15 is 0 Å². The zero-order valence-electron chi connectivity index (χ0n) is 6.11. The zero-order chi connectivity index (χ0) is 7.84. The van der Waals surface area contributed by atoms with Crippen molar-refractivity contribution in [1.82, 2.24) is 14.6 Å². The van der Waals surface area contributed by atoms with Gasteiger partial charge in [0.15, 0.2) is 0 Å². The van der Waals surface area contributed by atoms with Crippen LogP contribution in [-0.2, 0) is 6.54 Å². The number of rotatable bonds is 1. The monoisotopic (exact) mass is 168 g/mol. The molecular weight excluding hydrogens is 160 g/mol. The maximum atomic E-state index is 5.49. The largest absolute Gasteiger partial charge is 0.325 e. The van der Waals surface area contributed by atoms with Crippen LogP contribution in [0.3, 0.4) is 0 Å². The molecule has 0 amide bonds. The Morgan fingerprint density at radius 3 is 3.27 bits per heavy atom. The Kier molecular flexibility index (Phi) is 1.40. The lowest BCUT2D eigenvalue weighted by Gasteiger charge is -1.88. The van der Waals surface area contributed by atoms with E-state index in [0.29, 0.717) is 6.54 Å². The van der Waals surface area contributed by atoms with Crippen LogP contribution in [0.5, 0.6) is 0 Å². The van der Waals surface area contributed by atoms with Gasteiger partial charge in [0.05, 0.1) is 5.69 Å². The summed E-state index contributed by atoms with van der Waals surface area (Å²) in [6, 6.07) is 0. The van der Waals surface area contributed by atoms with Crippen LogP contribution in [0.4, 0.5) is 0 Å². The quantitative estimate of drug-likeness (QED) is 0.676. The summed E-state index contributed by atoms with van der Waals surface area (Å²) in [6.45, 7) is 2.39. The molecule has 0 saturated heterocycles. The lowest BCUT2D eigenvalue weighted by molar-refractivity contribution is 0.850. The summed E-state index contributed by atoms with van der Waals surface area (Å²) in [5.74, 6) is 0.798. The lowest BCUT2D eigenvalue weighted by Crippen LogP contribution is -2.00. The topological polar surface area (TPSA) is 56.2 Å². The van der Waals surface area contributed by atoms with Gasteiger partial charge in [0.2, 0.25) is 4.96 Å². The average Bonchev–Trinajstić information content (AvgIpc) is 2.45. The molecule has 5 heteroatoms. The molecule has 0 saturated carbocycles. The van der Waals surface area contributed by atoms with Gasteiger partial charge in [-0.3, -0.25) is 0 Å². The first-order chi connectivity index (χ1) is 5.31. The summed E-state index contributed by atoms with van der Waals surface area (Å²) in [4.78, 5) is 5.12. The third kappa shape index (κ3) is 0.928. The normalized spacial score (nSPS) is 11.1. The Balaban J connectivity index is 2.73. The third-order valence-electron chi connectivity index (χ3n) is 1.46. The minimum absolute atomic E-state index is 0.517. The number of thiazole rings is 1. The van der Waals surface area contributed by atoms with Crippen molar-refractivity contribution < 1.29 is 0 Å². The first kappa shape index (κ1) is 6.75. The maximum Gasteiger partial charge on any atom is 0.212 e. The smallest absolute Gasteiger partial charge is 0.212 e. The van der Waals surface area contributed by atoms with Crippen molar-refractivity contribution in [3.05, 3.63) is 16.9 Å². The SMILES string of the molecule is Cc1nc2scc(CN)n2n1. The van der Waals surface area contributed by atoms with E-state index in [0.717, 1.165) is 16.5 Å². The predicted molar refractivity (Wildman–Crippen MR) is 43.5 cm³/mol. The van der Waals surface area contributed by atoms with Gasteiger partial charge in [-0.1, -0.05) is 0 Å². The van der Waals surface area contributed by atoms with Crippen molar-refractivity contribution in [2.75, 3.05) is 0 Å². The summed E-state index contributed by atoms with van der Waals surface area (Å²) in [5.41, 5.74) is 6.51. The number of nitrogens with zero attached hydrogens (tertiary/aromatic N) is 3. The van der Waals surface area contributed by atoms with Crippen LogP contribution in [0, 0.1) is 6.92 Å². The van der Waals surface area contributed by atoms with Crippen LogP contribution in [-0.4, -0.2) is 14.6 Å². The molecule has 58 valence electrons. The third-order valence-corrected chi connectivity index (χ3v) is 2.33. The van der Waals surface area contributed by atoms with Crippen molar-refractivity contribution in [1.29, 1.82) is 0 Å². The summed E-state index contributed by atoms with van der Waals surface area (Å²) >= 11 is 1.57. The Morgan fingerprint density at radius 1 is 1.73 bits per heavy atom. The Morgan fingerprint density at radius 2 is 2.55 bits per heavy atom. The predicted octanol–water partition coefficient (Wildman–Crippen LogP) is 0.558. The van der Waals surface area contributed by atoms with E-state index in [1.807, 2.05) is 12.3 Å². The molecule has 2 N–H and O–H groups in total. The zero-order valence-corrected chi connectivity index (χ0v) is 6.93. The van der Waals surface area contributed by atoms with Gasteiger partial charge in [-0.05, 0) is 6.92 Å². The molecule has 0 spiro atoms.